The van der Waals surface area contributed by atoms with Crippen LogP contribution in [-0.4, -0.2) is 33.3 Å². The Labute approximate surface area is 146 Å². The van der Waals surface area contributed by atoms with Crippen LogP contribution in [-0.2, 0) is 11.2 Å². The normalized spacial score (nSPS) is 10.1. The monoisotopic (exact) mass is 349 g/mol. The highest BCUT2D eigenvalue weighted by molar-refractivity contribution is 6.30. The lowest BCUT2D eigenvalue weighted by Crippen LogP contribution is -2.30. The van der Waals surface area contributed by atoms with Gasteiger partial charge in [0.15, 0.2) is 18.1 Å². The van der Waals surface area contributed by atoms with Crippen molar-refractivity contribution >= 4 is 17.5 Å². The standard InChI is InChI=1S/C18H20ClNO4/c1-22-16-8-3-13(11-17(16)23-2)9-10-20-18(21)12-24-15-6-4-14(19)5-7-15/h3-8,11H,9-10,12H2,1-2H3,(H,20,21). The average molecular weight is 350 g/mol. The lowest BCUT2D eigenvalue weighted by atomic mass is 10.1. The molecule has 128 valence electrons. The van der Waals surface area contributed by atoms with Crippen molar-refractivity contribution in [3.63, 3.8) is 0 Å². The number of hydrogen-bond donors (Lipinski definition) is 1. The second kappa shape index (κ2) is 9.03. The highest BCUT2D eigenvalue weighted by Crippen LogP contribution is 2.27. The largest absolute Gasteiger partial charge is 0.493 e. The van der Waals surface area contributed by atoms with Gasteiger partial charge in [-0.1, -0.05) is 17.7 Å². The fourth-order valence-electron chi connectivity index (χ4n) is 2.11. The fraction of sp³-hybridized carbons (Fsp3) is 0.278. The van der Waals surface area contributed by atoms with Crippen LogP contribution in [0.15, 0.2) is 42.5 Å². The van der Waals surface area contributed by atoms with E-state index in [4.69, 9.17) is 25.8 Å². The van der Waals surface area contributed by atoms with Crippen molar-refractivity contribution < 1.29 is 19.0 Å². The van der Waals surface area contributed by atoms with Crippen molar-refractivity contribution in [2.24, 2.45) is 0 Å². The van der Waals surface area contributed by atoms with Gasteiger partial charge in [-0.25, -0.2) is 0 Å². The molecule has 0 aliphatic carbocycles. The molecule has 0 atom stereocenters. The van der Waals surface area contributed by atoms with Gasteiger partial charge in [0.2, 0.25) is 0 Å². The summed E-state index contributed by atoms with van der Waals surface area (Å²) in [4.78, 5) is 11.8. The van der Waals surface area contributed by atoms with Crippen molar-refractivity contribution in [1.29, 1.82) is 0 Å². The molecule has 5 nitrogen and oxygen atoms in total. The van der Waals surface area contributed by atoms with E-state index < -0.39 is 0 Å². The Balaban J connectivity index is 1.75. The molecule has 2 rings (SSSR count). The number of amides is 1. The van der Waals surface area contributed by atoms with Gasteiger partial charge in [0.05, 0.1) is 14.2 Å². The number of ether oxygens (including phenoxy) is 3. The second-order valence-electron chi connectivity index (χ2n) is 5.03. The molecule has 2 aromatic rings. The predicted octanol–water partition coefficient (Wildman–Crippen LogP) is 3.09. The van der Waals surface area contributed by atoms with Crippen LogP contribution in [0.25, 0.3) is 0 Å². The number of halogens is 1. The van der Waals surface area contributed by atoms with E-state index in [0.717, 1.165) is 5.56 Å². The Bertz CT molecular complexity index is 673. The van der Waals surface area contributed by atoms with Gasteiger partial charge in [0.25, 0.3) is 5.91 Å². The van der Waals surface area contributed by atoms with Gasteiger partial charge < -0.3 is 19.5 Å². The summed E-state index contributed by atoms with van der Waals surface area (Å²) in [6.07, 6.45) is 0.688. The van der Waals surface area contributed by atoms with E-state index in [1.165, 1.54) is 0 Å². The smallest absolute Gasteiger partial charge is 0.257 e. The Morgan fingerprint density at radius 1 is 1.04 bits per heavy atom. The van der Waals surface area contributed by atoms with Crippen LogP contribution < -0.4 is 19.5 Å². The second-order valence-corrected chi connectivity index (χ2v) is 5.47. The van der Waals surface area contributed by atoms with Crippen LogP contribution in [0, 0.1) is 0 Å². The van der Waals surface area contributed by atoms with Gasteiger partial charge in [-0.05, 0) is 48.4 Å². The molecular weight excluding hydrogens is 330 g/mol. The molecule has 0 saturated heterocycles. The number of benzene rings is 2. The first kappa shape index (κ1) is 17.9. The summed E-state index contributed by atoms with van der Waals surface area (Å²) < 4.78 is 15.8. The molecule has 0 saturated carbocycles. The number of methoxy groups -OCH3 is 2. The topological polar surface area (TPSA) is 56.8 Å². The summed E-state index contributed by atoms with van der Waals surface area (Å²) in [5.74, 6) is 1.79. The Morgan fingerprint density at radius 2 is 1.75 bits per heavy atom. The summed E-state index contributed by atoms with van der Waals surface area (Å²) in [6.45, 7) is 0.478. The highest BCUT2D eigenvalue weighted by Gasteiger charge is 2.06. The minimum absolute atomic E-state index is 0.0342. The van der Waals surface area contributed by atoms with E-state index in [1.807, 2.05) is 18.2 Å². The van der Waals surface area contributed by atoms with Crippen molar-refractivity contribution in [2.45, 2.75) is 6.42 Å². The summed E-state index contributed by atoms with van der Waals surface area (Å²) in [6, 6.07) is 12.6. The Hall–Kier alpha value is -2.40. The zero-order valence-corrected chi connectivity index (χ0v) is 14.4. The van der Waals surface area contributed by atoms with Gasteiger partial charge in [-0.3, -0.25) is 4.79 Å². The maximum Gasteiger partial charge on any atom is 0.257 e. The fourth-order valence-corrected chi connectivity index (χ4v) is 2.24. The molecular formula is C18H20ClNO4. The summed E-state index contributed by atoms with van der Waals surface area (Å²) in [7, 11) is 3.19. The molecule has 0 unspecified atom stereocenters. The van der Waals surface area contributed by atoms with Crippen LogP contribution in [0.1, 0.15) is 5.56 Å². The third kappa shape index (κ3) is 5.35. The number of rotatable bonds is 8. The molecule has 0 aliphatic rings. The predicted molar refractivity (Wildman–Crippen MR) is 93.2 cm³/mol. The molecule has 0 spiro atoms. The van der Waals surface area contributed by atoms with E-state index in [1.54, 1.807) is 38.5 Å². The highest BCUT2D eigenvalue weighted by atomic mass is 35.5. The van der Waals surface area contributed by atoms with E-state index >= 15 is 0 Å². The third-order valence-corrected chi connectivity index (χ3v) is 3.62. The zero-order valence-electron chi connectivity index (χ0n) is 13.7. The molecule has 24 heavy (non-hydrogen) atoms. The molecule has 6 heteroatoms. The SMILES string of the molecule is COc1ccc(CCNC(=O)COc2ccc(Cl)cc2)cc1OC. The molecule has 0 fully saturated rings. The first-order valence-electron chi connectivity index (χ1n) is 7.48. The van der Waals surface area contributed by atoms with Gasteiger partial charge in [-0.15, -0.1) is 0 Å². The van der Waals surface area contributed by atoms with Crippen molar-refractivity contribution in [3.8, 4) is 17.2 Å². The van der Waals surface area contributed by atoms with E-state index in [0.29, 0.717) is 35.2 Å². The van der Waals surface area contributed by atoms with Crippen LogP contribution >= 0.6 is 11.6 Å². The lowest BCUT2D eigenvalue weighted by Gasteiger charge is -2.10. The van der Waals surface area contributed by atoms with Crippen LogP contribution in [0.5, 0.6) is 17.2 Å². The van der Waals surface area contributed by atoms with Crippen molar-refractivity contribution in [3.05, 3.63) is 53.1 Å². The Kier molecular flexibility index (Phi) is 6.75. The van der Waals surface area contributed by atoms with Gasteiger partial charge in [0.1, 0.15) is 5.75 Å². The maximum absolute atomic E-state index is 11.8. The van der Waals surface area contributed by atoms with Gasteiger partial charge in [0, 0.05) is 11.6 Å². The molecule has 0 heterocycles. The molecule has 1 N–H and O–H groups in total. The minimum Gasteiger partial charge on any atom is -0.493 e. The quantitative estimate of drug-likeness (QED) is 0.795. The maximum atomic E-state index is 11.8. The van der Waals surface area contributed by atoms with Crippen LogP contribution in [0.4, 0.5) is 0 Å². The van der Waals surface area contributed by atoms with Gasteiger partial charge >= 0.3 is 0 Å². The number of carbonyl (C=O) groups excluding carboxylic acids is 1. The van der Waals surface area contributed by atoms with Crippen LogP contribution in [0.2, 0.25) is 5.02 Å². The number of hydrogen-bond acceptors (Lipinski definition) is 4. The summed E-state index contributed by atoms with van der Waals surface area (Å²) in [5.41, 5.74) is 1.05. The van der Waals surface area contributed by atoms with Crippen molar-refractivity contribution in [1.82, 2.24) is 5.32 Å². The van der Waals surface area contributed by atoms with E-state index in [2.05, 4.69) is 5.32 Å². The molecule has 2 aromatic carbocycles. The van der Waals surface area contributed by atoms with Crippen molar-refractivity contribution in [2.75, 3.05) is 27.4 Å². The molecule has 1 amide bonds. The Morgan fingerprint density at radius 3 is 2.42 bits per heavy atom. The lowest BCUT2D eigenvalue weighted by molar-refractivity contribution is -0.123. The summed E-state index contributed by atoms with van der Waals surface area (Å²) in [5, 5.41) is 3.44. The van der Waals surface area contributed by atoms with Gasteiger partial charge in [-0.2, -0.15) is 0 Å². The van der Waals surface area contributed by atoms with E-state index in [9.17, 15) is 4.79 Å². The third-order valence-electron chi connectivity index (χ3n) is 3.37. The number of nitrogens with one attached hydrogen (secondary N) is 1. The zero-order chi connectivity index (χ0) is 17.4. The average Bonchev–Trinajstić information content (AvgIpc) is 2.61. The van der Waals surface area contributed by atoms with Crippen LogP contribution in [0.3, 0.4) is 0 Å². The molecule has 0 bridgehead atoms. The molecule has 0 aliphatic heterocycles. The summed E-state index contributed by atoms with van der Waals surface area (Å²) >= 11 is 5.79. The number of carbonyl (C=O) groups is 1. The molecule has 0 aromatic heterocycles. The molecule has 0 radical (unpaired) electrons. The first-order chi connectivity index (χ1) is 11.6. The minimum atomic E-state index is -0.176. The first-order valence-corrected chi connectivity index (χ1v) is 7.86. The van der Waals surface area contributed by atoms with E-state index in [-0.39, 0.29) is 12.5 Å².